The minimum atomic E-state index is -1.29. The van der Waals surface area contributed by atoms with Crippen molar-refractivity contribution in [2.45, 2.75) is 179 Å². The molecular formula is C101H119NO26. The van der Waals surface area contributed by atoms with Crippen molar-refractivity contribution < 1.29 is 124 Å². The number of phenols is 10. The zero-order chi connectivity index (χ0) is 95.3. The van der Waals surface area contributed by atoms with Crippen LogP contribution in [0.4, 0.5) is 0 Å². The summed E-state index contributed by atoms with van der Waals surface area (Å²) < 4.78 is 27.1. The van der Waals surface area contributed by atoms with Gasteiger partial charge in [0.1, 0.15) is 37.1 Å². The SMILES string of the molecule is CCCCCC(=O)c1cc(=O)c(O)c2c(O)c(O)c(OC)cc2c1.CCCCCC(=O)c1cc(C)c(C)c(OCc2ccccc2)c1.CCCCCC(=O)c1cc(O)c(O)c(O)c1.CCCCN.COc1cccc(O)c1O.Cc1cc(C(=O)O)cc(OCc2ccccc2)c1C.Cc1cc(C(=O)O)cc(OCc2ccccc2)c1C.O=C(O)c1cc(O)c(O)c(O)c1. The number of hydrogen-bond acceptors (Lipinski definition) is 24. The molecule has 11 rings (SSSR count). The number of para-hydroxylation sites is 1. The number of unbranched alkanes of at least 4 members (excludes halogenated alkanes) is 7. The van der Waals surface area contributed by atoms with Crippen molar-refractivity contribution in [1.29, 1.82) is 0 Å². The Labute approximate surface area is 745 Å². The molecule has 0 aliphatic rings. The molecule has 684 valence electrons. The van der Waals surface area contributed by atoms with Crippen LogP contribution in [0.3, 0.4) is 0 Å². The number of carboxylic acid groups (broad SMARTS) is 3. The number of aryl methyl sites for hydroxylation is 3. The van der Waals surface area contributed by atoms with E-state index in [4.69, 9.17) is 75.4 Å². The van der Waals surface area contributed by atoms with Gasteiger partial charge in [0.25, 0.3) is 0 Å². The fourth-order valence-electron chi connectivity index (χ4n) is 11.8. The number of Topliss-reactive ketones (excluding diaryl/α,β-unsaturated/α-hetero) is 3. The number of methoxy groups -OCH3 is 2. The number of rotatable bonds is 31. The molecule has 0 fully saturated rings. The average Bonchev–Trinajstić information content (AvgIpc) is 1.58. The lowest BCUT2D eigenvalue weighted by atomic mass is 9.99. The zero-order valence-electron chi connectivity index (χ0n) is 74.4. The van der Waals surface area contributed by atoms with E-state index >= 15 is 0 Å². The van der Waals surface area contributed by atoms with Crippen molar-refractivity contribution in [3.63, 3.8) is 0 Å². The number of nitrogens with two attached hydrogens (primary N) is 1. The average molecular weight is 1760 g/mol. The first-order valence-corrected chi connectivity index (χ1v) is 41.6. The predicted molar refractivity (Wildman–Crippen MR) is 491 cm³/mol. The summed E-state index contributed by atoms with van der Waals surface area (Å²) in [4.78, 5) is 80.8. The number of ether oxygens (including phenoxy) is 5. The number of phenolic OH excluding ortho intramolecular Hbond substituents is 10. The number of hydrogen-bond donors (Lipinski definition) is 15. The Hall–Kier alpha value is -14.5. The van der Waals surface area contributed by atoms with E-state index in [1.165, 1.54) is 57.4 Å². The standard InChI is InChI=1S/C21H26O2.C18H20O6.2C16H16O3.C12H16O4.C7H6O5.C7H8O3.C4H11N/c1-4-5-7-12-20(22)19-13-16(2)17(3)21(14-19)23-15-18-10-8-6-9-11-18;1-3-4-5-6-12(19)10-7-11-9-14(24-2)17(22)18(23)15(11)16(21)13(20)8-10;2*1-11-8-14(16(17)18)9-15(12(11)2)19-10-13-6-4-3-5-7-13;1-2-3-4-5-9(13)8-6-10(14)12(16)11(15)7-8;8-4-1-3(7(11)12)2-5(9)6(4)10;1-10-6-4-2-3-5(8)7(6)9;1-2-3-4-5/h6,8-11,13-14H,4-5,7,12,15H2,1-3H3;7-9,22-23H,3-6H2,1-2H3,(H,20,21);2*3-9H,10H2,1-2H3,(H,17,18);6-7,14-16H,2-5H2,1H3;1-2,8-10H,(H,11,12);2-4,8-9H,1H3;2-5H2,1H3. The normalized spacial score (nSPS) is 10.2. The van der Waals surface area contributed by atoms with Crippen LogP contribution in [0.25, 0.3) is 10.8 Å². The van der Waals surface area contributed by atoms with Crippen molar-refractivity contribution in [2.24, 2.45) is 5.73 Å². The van der Waals surface area contributed by atoms with Crippen LogP contribution < -0.4 is 34.8 Å². The van der Waals surface area contributed by atoms with E-state index in [1.54, 1.807) is 36.4 Å². The van der Waals surface area contributed by atoms with Gasteiger partial charge < -0.3 is 101 Å². The highest BCUT2D eigenvalue weighted by molar-refractivity contribution is 6.03. The first-order valence-electron chi connectivity index (χ1n) is 41.6. The van der Waals surface area contributed by atoms with Gasteiger partial charge in [-0.1, -0.05) is 170 Å². The predicted octanol–water partition coefficient (Wildman–Crippen LogP) is 20.8. The van der Waals surface area contributed by atoms with Crippen LogP contribution in [0.15, 0.2) is 193 Å². The molecule has 0 aliphatic heterocycles. The highest BCUT2D eigenvalue weighted by Gasteiger charge is 2.21. The van der Waals surface area contributed by atoms with Gasteiger partial charge in [0.15, 0.2) is 86.3 Å². The second-order valence-corrected chi connectivity index (χ2v) is 29.5. The quantitative estimate of drug-likeness (QED) is 0.0109. The van der Waals surface area contributed by atoms with E-state index in [9.17, 15) is 59.1 Å². The van der Waals surface area contributed by atoms with E-state index in [0.717, 1.165) is 137 Å². The number of benzene rings is 10. The Balaban J connectivity index is 0.000000314. The van der Waals surface area contributed by atoms with Gasteiger partial charge in [-0.2, -0.15) is 0 Å². The Kier molecular flexibility index (Phi) is 45.5. The Morgan fingerprint density at radius 1 is 0.305 bits per heavy atom. The fraction of sp³-hybridized carbons (Fsp3) is 0.297. The van der Waals surface area contributed by atoms with Crippen molar-refractivity contribution in [2.75, 3.05) is 20.8 Å². The molecule has 27 nitrogen and oxygen atoms in total. The van der Waals surface area contributed by atoms with Gasteiger partial charge in [0.05, 0.1) is 36.3 Å². The lowest BCUT2D eigenvalue weighted by Crippen LogP contribution is -2.04. The minimum Gasteiger partial charge on any atom is -0.504 e. The van der Waals surface area contributed by atoms with Crippen LogP contribution >= 0.6 is 0 Å². The number of ketones is 3. The first-order chi connectivity index (χ1) is 60.9. The summed E-state index contributed by atoms with van der Waals surface area (Å²) in [7, 11) is 2.73. The van der Waals surface area contributed by atoms with Crippen LogP contribution in [0.1, 0.15) is 230 Å². The monoisotopic (exact) mass is 1760 g/mol. The molecule has 0 atom stereocenters. The molecule has 0 aromatic heterocycles. The summed E-state index contributed by atoms with van der Waals surface area (Å²) in [5.41, 5.74) is 14.9. The van der Waals surface area contributed by atoms with E-state index in [2.05, 4.69) is 13.8 Å². The van der Waals surface area contributed by atoms with E-state index < -0.39 is 75.1 Å². The highest BCUT2D eigenvalue weighted by atomic mass is 16.5. The molecule has 0 bridgehead atoms. The molecule has 0 unspecified atom stereocenters. The van der Waals surface area contributed by atoms with Crippen LogP contribution in [0.5, 0.6) is 92.0 Å². The summed E-state index contributed by atoms with van der Waals surface area (Å²) in [5.74, 6) is -6.94. The number of carbonyl (C=O) groups is 6. The Morgan fingerprint density at radius 2 is 0.625 bits per heavy atom. The lowest BCUT2D eigenvalue weighted by Gasteiger charge is -2.13. The molecule has 0 aliphatic carbocycles. The van der Waals surface area contributed by atoms with Gasteiger partial charge in [0.2, 0.25) is 11.2 Å². The fourth-order valence-corrected chi connectivity index (χ4v) is 11.8. The van der Waals surface area contributed by atoms with Crippen molar-refractivity contribution >= 4 is 46.0 Å². The van der Waals surface area contributed by atoms with Gasteiger partial charge in [0, 0.05) is 42.0 Å². The summed E-state index contributed by atoms with van der Waals surface area (Å²) in [6.45, 7) is 22.3. The summed E-state index contributed by atoms with van der Waals surface area (Å²) in [6, 6.07) is 52.4. The molecule has 0 saturated carbocycles. The third kappa shape index (κ3) is 34.2. The number of aromatic hydroxyl groups is 11. The van der Waals surface area contributed by atoms with Crippen molar-refractivity contribution in [3.05, 3.63) is 282 Å². The maximum Gasteiger partial charge on any atom is 0.335 e. The minimum absolute atomic E-state index is 0.0255. The van der Waals surface area contributed by atoms with E-state index in [0.29, 0.717) is 57.0 Å². The van der Waals surface area contributed by atoms with Crippen LogP contribution in [-0.2, 0) is 19.8 Å². The molecule has 0 heterocycles. The topological polar surface area (TPSA) is 475 Å². The van der Waals surface area contributed by atoms with Crippen molar-refractivity contribution in [3.8, 4) is 92.0 Å². The number of carboxylic acids is 3. The maximum absolute atomic E-state index is 12.4. The third-order valence-electron chi connectivity index (χ3n) is 19.8. The maximum atomic E-state index is 12.4. The molecule has 16 N–H and O–H groups in total. The van der Waals surface area contributed by atoms with Crippen molar-refractivity contribution in [1.82, 2.24) is 0 Å². The summed E-state index contributed by atoms with van der Waals surface area (Å²) >= 11 is 0. The Morgan fingerprint density at radius 3 is 0.945 bits per heavy atom. The smallest absolute Gasteiger partial charge is 0.335 e. The molecule has 11 aromatic carbocycles. The number of carbonyl (C=O) groups excluding carboxylic acids is 3. The third-order valence-corrected chi connectivity index (χ3v) is 19.8. The lowest BCUT2D eigenvalue weighted by molar-refractivity contribution is 0.0685. The molecule has 128 heavy (non-hydrogen) atoms. The zero-order valence-corrected chi connectivity index (χ0v) is 74.4. The molecule has 0 amide bonds. The van der Waals surface area contributed by atoms with Crippen LogP contribution in [-0.4, -0.2) is 128 Å². The number of fused-ring (bicyclic) bond motifs is 1. The van der Waals surface area contributed by atoms with E-state index in [-0.39, 0.29) is 78.9 Å². The van der Waals surface area contributed by atoms with Gasteiger partial charge in [-0.25, -0.2) is 14.4 Å². The molecule has 0 spiro atoms. The van der Waals surface area contributed by atoms with E-state index in [1.807, 2.05) is 159 Å². The first kappa shape index (κ1) is 106. The second-order valence-electron chi connectivity index (χ2n) is 29.5. The van der Waals surface area contributed by atoms with Gasteiger partial charge in [-0.3, -0.25) is 19.2 Å². The second kappa shape index (κ2) is 55.0. The van der Waals surface area contributed by atoms with Gasteiger partial charge in [-0.05, 0) is 214 Å². The molecule has 11 aromatic rings. The molecule has 0 saturated heterocycles. The van der Waals surface area contributed by atoms with Crippen LogP contribution in [0, 0.1) is 41.5 Å². The van der Waals surface area contributed by atoms with Gasteiger partial charge in [-0.15, -0.1) is 0 Å². The van der Waals surface area contributed by atoms with Gasteiger partial charge >= 0.3 is 17.9 Å². The molecular weight excluding hydrogens is 1640 g/mol. The summed E-state index contributed by atoms with van der Waals surface area (Å²) in [5, 5.41) is 129. The molecule has 0 radical (unpaired) electrons. The largest absolute Gasteiger partial charge is 0.504 e. The molecule has 27 heteroatoms. The van der Waals surface area contributed by atoms with Crippen LogP contribution in [0.2, 0.25) is 0 Å². The highest BCUT2D eigenvalue weighted by Crippen LogP contribution is 2.45. The Bertz CT molecular complexity index is 5370. The number of aromatic carboxylic acids is 3. The summed E-state index contributed by atoms with van der Waals surface area (Å²) in [6.07, 6.45) is 12.3.